The molecule has 164 valence electrons. The van der Waals surface area contributed by atoms with Gasteiger partial charge in [0.05, 0.1) is 0 Å². The SMILES string of the molecule is CCC1CC(C2(C3CC(CC)C(N)C(CC)C3)CCCCC2)CC(CC)C1N. The Kier molecular flexibility index (Phi) is 7.93. The minimum absolute atomic E-state index is 0.443. The number of hydrogen-bond donors (Lipinski definition) is 2. The van der Waals surface area contributed by atoms with Crippen molar-refractivity contribution in [3.05, 3.63) is 0 Å². The van der Waals surface area contributed by atoms with E-state index in [1.807, 2.05) is 0 Å². The van der Waals surface area contributed by atoms with Gasteiger partial charge in [0.15, 0.2) is 0 Å². The van der Waals surface area contributed by atoms with Gasteiger partial charge in [0.1, 0.15) is 0 Å². The summed E-state index contributed by atoms with van der Waals surface area (Å²) in [6, 6.07) is 0.886. The maximum absolute atomic E-state index is 6.75. The molecule has 0 amide bonds. The Bertz CT molecular complexity index is 405. The molecular weight excluding hydrogens is 340 g/mol. The molecule has 4 unspecified atom stereocenters. The van der Waals surface area contributed by atoms with Gasteiger partial charge in [0, 0.05) is 12.1 Å². The van der Waals surface area contributed by atoms with Gasteiger partial charge in [-0.25, -0.2) is 0 Å². The molecule has 0 heterocycles. The number of hydrogen-bond acceptors (Lipinski definition) is 2. The van der Waals surface area contributed by atoms with Crippen molar-refractivity contribution in [2.75, 3.05) is 0 Å². The molecule has 28 heavy (non-hydrogen) atoms. The van der Waals surface area contributed by atoms with E-state index in [1.165, 1.54) is 83.5 Å². The van der Waals surface area contributed by atoms with Crippen LogP contribution in [0.15, 0.2) is 0 Å². The van der Waals surface area contributed by atoms with Crippen LogP contribution < -0.4 is 11.5 Å². The third-order valence-corrected chi connectivity index (χ3v) is 10.0. The molecule has 0 radical (unpaired) electrons. The lowest BCUT2D eigenvalue weighted by molar-refractivity contribution is -0.0607. The smallest absolute Gasteiger partial charge is 0.00956 e. The first-order chi connectivity index (χ1) is 13.5. The van der Waals surface area contributed by atoms with Gasteiger partial charge in [0.2, 0.25) is 0 Å². The van der Waals surface area contributed by atoms with Crippen LogP contribution in [0.3, 0.4) is 0 Å². The average Bonchev–Trinajstić information content (AvgIpc) is 2.74. The largest absolute Gasteiger partial charge is 0.327 e. The van der Waals surface area contributed by atoms with E-state index in [2.05, 4.69) is 27.7 Å². The monoisotopic (exact) mass is 390 g/mol. The molecule has 0 aromatic heterocycles. The highest BCUT2D eigenvalue weighted by molar-refractivity contribution is 5.03. The summed E-state index contributed by atoms with van der Waals surface area (Å²) in [6.45, 7) is 9.53. The Hall–Kier alpha value is -0.0800. The fourth-order valence-corrected chi connectivity index (χ4v) is 8.11. The molecular formula is C26H50N2. The Morgan fingerprint density at radius 1 is 0.571 bits per heavy atom. The van der Waals surface area contributed by atoms with Gasteiger partial charge in [-0.2, -0.15) is 0 Å². The molecule has 2 nitrogen and oxygen atoms in total. The van der Waals surface area contributed by atoms with Crippen molar-refractivity contribution in [1.29, 1.82) is 0 Å². The highest BCUT2D eigenvalue weighted by atomic mass is 14.7. The van der Waals surface area contributed by atoms with Crippen molar-refractivity contribution in [2.45, 2.75) is 123 Å². The highest BCUT2D eigenvalue weighted by Crippen LogP contribution is 2.59. The molecule has 3 rings (SSSR count). The van der Waals surface area contributed by atoms with Crippen LogP contribution >= 0.6 is 0 Å². The Morgan fingerprint density at radius 2 is 0.893 bits per heavy atom. The average molecular weight is 391 g/mol. The first-order valence-electron chi connectivity index (χ1n) is 13.0. The second-order valence-electron chi connectivity index (χ2n) is 11.0. The first kappa shape index (κ1) is 22.6. The van der Waals surface area contributed by atoms with E-state index in [-0.39, 0.29) is 0 Å². The molecule has 2 heteroatoms. The molecule has 0 aromatic rings. The van der Waals surface area contributed by atoms with Crippen molar-refractivity contribution >= 4 is 0 Å². The summed E-state index contributed by atoms with van der Waals surface area (Å²) in [7, 11) is 0. The molecule has 0 spiro atoms. The quantitative estimate of drug-likeness (QED) is 0.542. The van der Waals surface area contributed by atoms with Crippen molar-refractivity contribution < 1.29 is 0 Å². The molecule has 0 aliphatic heterocycles. The minimum atomic E-state index is 0.443. The zero-order chi connectivity index (χ0) is 20.3. The van der Waals surface area contributed by atoms with Crippen molar-refractivity contribution in [3.63, 3.8) is 0 Å². The summed E-state index contributed by atoms with van der Waals surface area (Å²) in [4.78, 5) is 0. The van der Waals surface area contributed by atoms with Gasteiger partial charge in [0.25, 0.3) is 0 Å². The molecule has 0 aromatic carbocycles. The van der Waals surface area contributed by atoms with Crippen LogP contribution in [0.5, 0.6) is 0 Å². The summed E-state index contributed by atoms with van der Waals surface area (Å²) in [5, 5.41) is 0. The fraction of sp³-hybridized carbons (Fsp3) is 1.00. The molecule has 3 aliphatic rings. The molecule has 3 saturated carbocycles. The molecule has 3 fully saturated rings. The second kappa shape index (κ2) is 9.82. The molecule has 0 saturated heterocycles. The van der Waals surface area contributed by atoms with Gasteiger partial charge >= 0.3 is 0 Å². The summed E-state index contributed by atoms with van der Waals surface area (Å²) in [6.07, 6.45) is 18.1. The van der Waals surface area contributed by atoms with Crippen LogP contribution in [0.2, 0.25) is 0 Å². The standard InChI is InChI=1S/C26H50N2/c1-5-18-14-22(15-19(6-2)24(18)27)26(12-10-9-11-13-26)23-16-20(7-3)25(28)21(8-4)17-23/h18-25H,5-17,27-28H2,1-4H3. The molecule has 3 aliphatic carbocycles. The Balaban J connectivity index is 1.89. The predicted molar refractivity (Wildman–Crippen MR) is 122 cm³/mol. The van der Waals surface area contributed by atoms with Gasteiger partial charge in [-0.05, 0) is 79.4 Å². The van der Waals surface area contributed by atoms with Crippen LogP contribution in [0.4, 0.5) is 0 Å². The highest BCUT2D eigenvalue weighted by Gasteiger charge is 2.51. The van der Waals surface area contributed by atoms with Crippen molar-refractivity contribution in [2.24, 2.45) is 52.4 Å². The maximum Gasteiger partial charge on any atom is 0.00956 e. The molecule has 0 bridgehead atoms. The van der Waals surface area contributed by atoms with Crippen LogP contribution in [0, 0.1) is 40.9 Å². The summed E-state index contributed by atoms with van der Waals surface area (Å²) < 4.78 is 0. The van der Waals surface area contributed by atoms with Crippen LogP contribution in [0.1, 0.15) is 111 Å². The van der Waals surface area contributed by atoms with Crippen molar-refractivity contribution in [3.8, 4) is 0 Å². The normalized spacial score (nSPS) is 44.4. The van der Waals surface area contributed by atoms with E-state index in [0.29, 0.717) is 17.5 Å². The summed E-state index contributed by atoms with van der Waals surface area (Å²) in [5.74, 6) is 4.82. The zero-order valence-corrected chi connectivity index (χ0v) is 19.5. The minimum Gasteiger partial charge on any atom is -0.327 e. The van der Waals surface area contributed by atoms with Gasteiger partial charge in [-0.1, -0.05) is 72.6 Å². The van der Waals surface area contributed by atoms with E-state index < -0.39 is 0 Å². The lowest BCUT2D eigenvalue weighted by Gasteiger charge is -2.57. The van der Waals surface area contributed by atoms with Crippen LogP contribution in [0.25, 0.3) is 0 Å². The number of nitrogens with two attached hydrogens (primary N) is 2. The van der Waals surface area contributed by atoms with Gasteiger partial charge in [-0.15, -0.1) is 0 Å². The third kappa shape index (κ3) is 4.20. The predicted octanol–water partition coefficient (Wildman–Crippen LogP) is 6.52. The third-order valence-electron chi connectivity index (χ3n) is 10.0. The second-order valence-corrected chi connectivity index (χ2v) is 11.0. The van der Waals surface area contributed by atoms with Crippen molar-refractivity contribution in [1.82, 2.24) is 0 Å². The van der Waals surface area contributed by atoms with Gasteiger partial charge in [-0.3, -0.25) is 0 Å². The lowest BCUT2D eigenvalue weighted by Crippen LogP contribution is -2.53. The molecule has 4 atom stereocenters. The van der Waals surface area contributed by atoms with E-state index in [4.69, 9.17) is 11.5 Å². The summed E-state index contributed by atoms with van der Waals surface area (Å²) >= 11 is 0. The number of rotatable bonds is 6. The zero-order valence-electron chi connectivity index (χ0n) is 19.5. The maximum atomic E-state index is 6.75. The topological polar surface area (TPSA) is 52.0 Å². The van der Waals surface area contributed by atoms with E-state index in [0.717, 1.165) is 35.5 Å². The first-order valence-corrected chi connectivity index (χ1v) is 13.0. The van der Waals surface area contributed by atoms with Gasteiger partial charge < -0.3 is 11.5 Å². The summed E-state index contributed by atoms with van der Waals surface area (Å²) in [5.41, 5.74) is 14.1. The molecule has 4 N–H and O–H groups in total. The van der Waals surface area contributed by atoms with Crippen LogP contribution in [-0.4, -0.2) is 12.1 Å². The van der Waals surface area contributed by atoms with E-state index in [9.17, 15) is 0 Å². The van der Waals surface area contributed by atoms with E-state index >= 15 is 0 Å². The van der Waals surface area contributed by atoms with E-state index in [1.54, 1.807) is 0 Å². The Morgan fingerprint density at radius 3 is 1.18 bits per heavy atom. The fourth-order valence-electron chi connectivity index (χ4n) is 8.11. The van der Waals surface area contributed by atoms with Crippen LogP contribution in [-0.2, 0) is 0 Å². The lowest BCUT2D eigenvalue weighted by atomic mass is 9.49. The Labute approximate surface area is 176 Å².